The van der Waals surface area contributed by atoms with Crippen molar-refractivity contribution in [1.82, 2.24) is 0 Å². The average Bonchev–Trinajstić information content (AvgIpc) is 2.93. The van der Waals surface area contributed by atoms with E-state index >= 15 is 0 Å². The maximum absolute atomic E-state index is 11.0. The van der Waals surface area contributed by atoms with Gasteiger partial charge in [-0.3, -0.25) is 9.59 Å². The van der Waals surface area contributed by atoms with Crippen LogP contribution in [-0.2, 0) is 37.2 Å². The standard InChI is InChI=1S/C10H24O3Si.C9H18O2.C6H14.C5H10O2.CO2/c1-6-10(5)14(11-7-2,12-8-3)13-9-4;1-4-6-7-11-9(10)8(3)5-2;1-5-6(2,3)4;1-3-4(2)5(6)7;2-1-3/h10H,6-9H2,1-5H3;8H,4-7H2,1-3H3;5H2,1-4H3;4H,3H2,1-2H3,(H,6,7);. The summed E-state index contributed by atoms with van der Waals surface area (Å²) >= 11 is 0. The van der Waals surface area contributed by atoms with Gasteiger partial charge in [0.05, 0.1) is 18.4 Å². The van der Waals surface area contributed by atoms with Crippen LogP contribution in [0.5, 0.6) is 0 Å². The first-order chi connectivity index (χ1) is 19.0. The van der Waals surface area contributed by atoms with Gasteiger partial charge in [0.15, 0.2) is 0 Å². The highest BCUT2D eigenvalue weighted by Crippen LogP contribution is 2.28. The number of carboxylic acids is 1. The third-order valence-electron chi connectivity index (χ3n) is 6.10. The van der Waals surface area contributed by atoms with Crippen LogP contribution >= 0.6 is 0 Å². The minimum Gasteiger partial charge on any atom is -0.481 e. The molecule has 1 N–H and O–H groups in total. The lowest BCUT2D eigenvalue weighted by Crippen LogP contribution is -2.49. The summed E-state index contributed by atoms with van der Waals surface area (Å²) in [6.07, 6.45) is 6.19. The fourth-order valence-electron chi connectivity index (χ4n) is 2.21. The molecule has 0 rings (SSSR count). The maximum Gasteiger partial charge on any atom is 0.503 e. The van der Waals surface area contributed by atoms with E-state index in [1.807, 2.05) is 41.5 Å². The van der Waals surface area contributed by atoms with Crippen LogP contribution in [0.2, 0.25) is 5.54 Å². The summed E-state index contributed by atoms with van der Waals surface area (Å²) in [4.78, 5) is 37.2. The lowest BCUT2D eigenvalue weighted by atomic mass is 9.94. The number of rotatable bonds is 15. The predicted octanol–water partition coefficient (Wildman–Crippen LogP) is 8.19. The molecule has 10 heteroatoms. The summed E-state index contributed by atoms with van der Waals surface area (Å²) in [6, 6.07) is 0. The van der Waals surface area contributed by atoms with E-state index in [-0.39, 0.29) is 24.0 Å². The normalized spacial score (nSPS) is 12.5. The van der Waals surface area contributed by atoms with Crippen molar-refractivity contribution in [2.24, 2.45) is 17.3 Å². The summed E-state index contributed by atoms with van der Waals surface area (Å²) in [7, 11) is -2.40. The smallest absolute Gasteiger partial charge is 0.481 e. The van der Waals surface area contributed by atoms with E-state index in [1.165, 1.54) is 6.42 Å². The number of unbranched alkanes of at least 4 members (excludes halogenated alkanes) is 1. The van der Waals surface area contributed by atoms with Gasteiger partial charge in [-0.25, -0.2) is 0 Å². The molecule has 0 spiro atoms. The van der Waals surface area contributed by atoms with Crippen molar-refractivity contribution in [3.05, 3.63) is 0 Å². The molecule has 0 bridgehead atoms. The largest absolute Gasteiger partial charge is 0.503 e. The molecule has 3 atom stereocenters. The number of carbonyl (C=O) groups excluding carboxylic acids is 3. The molecule has 0 aliphatic carbocycles. The van der Waals surface area contributed by atoms with Crippen LogP contribution in [0.3, 0.4) is 0 Å². The molecule has 0 saturated carbocycles. The number of aliphatic carboxylic acids is 1. The molecule has 0 heterocycles. The van der Waals surface area contributed by atoms with Gasteiger partial charge in [-0.15, -0.1) is 0 Å². The molecule has 9 nitrogen and oxygen atoms in total. The SMILES string of the molecule is CCC(C)(C)C.CCC(C)C(=O)O.CCCCOC(=O)C(C)CC.CCO[Si](OCC)(OCC)C(C)CC.O=C=O. The fourth-order valence-corrected chi connectivity index (χ4v) is 5.02. The quantitative estimate of drug-likeness (QED) is 0.111. The Kier molecular flexibility index (Phi) is 39.4. The minimum absolute atomic E-state index is 0.0547. The lowest BCUT2D eigenvalue weighted by molar-refractivity contribution is -0.191. The fraction of sp³-hybridized carbons (Fsp3) is 0.903. The third-order valence-corrected chi connectivity index (χ3v) is 9.79. The molecule has 3 unspecified atom stereocenters. The summed E-state index contributed by atoms with van der Waals surface area (Å²) in [5.74, 6) is -0.879. The van der Waals surface area contributed by atoms with E-state index in [2.05, 4.69) is 48.5 Å². The van der Waals surface area contributed by atoms with Crippen LogP contribution in [0, 0.1) is 17.3 Å². The molecule has 0 aliphatic heterocycles. The molecule has 0 aliphatic rings. The van der Waals surface area contributed by atoms with Gasteiger partial charge in [-0.05, 0) is 51.9 Å². The van der Waals surface area contributed by atoms with Crippen LogP contribution in [0.1, 0.15) is 135 Å². The van der Waals surface area contributed by atoms with Crippen molar-refractivity contribution in [2.75, 3.05) is 26.4 Å². The van der Waals surface area contributed by atoms with E-state index < -0.39 is 14.8 Å². The van der Waals surface area contributed by atoms with Gasteiger partial charge in [0.1, 0.15) is 0 Å². The Hall–Kier alpha value is -1.58. The van der Waals surface area contributed by atoms with Crippen LogP contribution < -0.4 is 0 Å². The highest BCUT2D eigenvalue weighted by Gasteiger charge is 2.45. The second-order valence-electron chi connectivity index (χ2n) is 10.7. The summed E-state index contributed by atoms with van der Waals surface area (Å²) in [6.45, 7) is 31.3. The zero-order valence-electron chi connectivity index (χ0n) is 29.0. The topological polar surface area (TPSA) is 125 Å². The predicted molar refractivity (Wildman–Crippen MR) is 168 cm³/mol. The molecule has 0 aromatic carbocycles. The number of carbonyl (C=O) groups is 2. The van der Waals surface area contributed by atoms with Crippen molar-refractivity contribution in [3.63, 3.8) is 0 Å². The monoisotopic (exact) mass is 610 g/mol. The third kappa shape index (κ3) is 34.5. The Balaban J connectivity index is -0.000000142. The van der Waals surface area contributed by atoms with E-state index in [9.17, 15) is 9.59 Å². The number of hydrogen-bond acceptors (Lipinski definition) is 8. The Morgan fingerprint density at radius 2 is 1.12 bits per heavy atom. The highest BCUT2D eigenvalue weighted by molar-refractivity contribution is 6.62. The molecular weight excluding hydrogens is 544 g/mol. The van der Waals surface area contributed by atoms with Crippen LogP contribution in [0.15, 0.2) is 0 Å². The van der Waals surface area contributed by atoms with Gasteiger partial charge in [0.25, 0.3) is 0 Å². The van der Waals surface area contributed by atoms with Crippen molar-refractivity contribution < 1.29 is 42.3 Å². The molecule has 0 radical (unpaired) electrons. The zero-order valence-corrected chi connectivity index (χ0v) is 30.0. The first-order valence-electron chi connectivity index (χ1n) is 15.3. The number of ether oxygens (including phenoxy) is 1. The Morgan fingerprint density at radius 3 is 1.32 bits per heavy atom. The highest BCUT2D eigenvalue weighted by atomic mass is 28.4. The van der Waals surface area contributed by atoms with Crippen molar-refractivity contribution >= 4 is 26.9 Å². The van der Waals surface area contributed by atoms with Crippen molar-refractivity contribution in [1.29, 1.82) is 0 Å². The second kappa shape index (κ2) is 32.9. The van der Waals surface area contributed by atoms with Gasteiger partial charge in [-0.2, -0.15) is 9.59 Å². The van der Waals surface area contributed by atoms with E-state index in [0.717, 1.165) is 32.1 Å². The molecule has 0 fully saturated rings. The maximum atomic E-state index is 11.0. The van der Waals surface area contributed by atoms with Crippen LogP contribution in [0.25, 0.3) is 0 Å². The van der Waals surface area contributed by atoms with E-state index in [0.29, 0.717) is 37.4 Å². The average molecular weight is 611 g/mol. The van der Waals surface area contributed by atoms with Gasteiger partial charge in [0.2, 0.25) is 0 Å². The van der Waals surface area contributed by atoms with E-state index in [4.69, 9.17) is 32.7 Å². The molecule has 0 aromatic heterocycles. The minimum atomic E-state index is -2.40. The van der Waals surface area contributed by atoms with Crippen molar-refractivity contribution in [3.8, 4) is 0 Å². The Morgan fingerprint density at radius 1 is 0.756 bits per heavy atom. The van der Waals surface area contributed by atoms with Crippen LogP contribution in [-0.4, -0.2) is 58.4 Å². The second-order valence-corrected chi connectivity index (χ2v) is 13.7. The molecule has 248 valence electrons. The number of esters is 1. The molecule has 0 aromatic rings. The molecule has 0 amide bonds. The first-order valence-corrected chi connectivity index (χ1v) is 17.1. The molecule has 0 saturated heterocycles. The molecular formula is C31H66O9Si. The van der Waals surface area contributed by atoms with E-state index in [1.54, 1.807) is 6.92 Å². The summed E-state index contributed by atoms with van der Waals surface area (Å²) in [5, 5.41) is 8.18. The Bertz CT molecular complexity index is 598. The number of hydrogen-bond donors (Lipinski definition) is 1. The zero-order chi connectivity index (χ0) is 33.5. The molecule has 41 heavy (non-hydrogen) atoms. The Labute approximate surface area is 253 Å². The number of carboxylic acid groups (broad SMARTS) is 1. The summed E-state index contributed by atoms with van der Waals surface area (Å²) < 4.78 is 22.3. The first kappa shape index (κ1) is 49.1. The van der Waals surface area contributed by atoms with Gasteiger partial charge < -0.3 is 23.1 Å². The van der Waals surface area contributed by atoms with Gasteiger partial charge >= 0.3 is 26.9 Å². The summed E-state index contributed by atoms with van der Waals surface area (Å²) in [5.41, 5.74) is 0.919. The van der Waals surface area contributed by atoms with Crippen LogP contribution in [0.4, 0.5) is 0 Å². The lowest BCUT2D eigenvalue weighted by Gasteiger charge is -2.32. The van der Waals surface area contributed by atoms with Gasteiger partial charge in [0, 0.05) is 25.4 Å². The van der Waals surface area contributed by atoms with Gasteiger partial charge in [-0.1, -0.05) is 89.0 Å². The van der Waals surface area contributed by atoms with Crippen molar-refractivity contribution in [2.45, 2.75) is 141 Å².